The molecule has 1 fully saturated rings. The summed E-state index contributed by atoms with van der Waals surface area (Å²) in [6.07, 6.45) is 2.25. The van der Waals surface area contributed by atoms with Crippen LogP contribution in [0.2, 0.25) is 15.1 Å². The topological polar surface area (TPSA) is 64.6 Å². The summed E-state index contributed by atoms with van der Waals surface area (Å²) in [5, 5.41) is 3.55. The molecule has 0 aliphatic heterocycles. The number of amides is 1. The van der Waals surface area contributed by atoms with Crippen LogP contribution in [0.3, 0.4) is 0 Å². The van der Waals surface area contributed by atoms with Gasteiger partial charge in [-0.1, -0.05) is 34.8 Å². The minimum atomic E-state index is -0.679. The third kappa shape index (κ3) is 5.75. The van der Waals surface area contributed by atoms with Gasteiger partial charge in [0, 0.05) is 12.1 Å². The lowest BCUT2D eigenvalue weighted by Gasteiger charge is -2.13. The number of rotatable bonds is 7. The molecule has 1 aliphatic rings. The number of hydrogen-bond acceptors (Lipinski definition) is 4. The molecule has 1 aliphatic carbocycles. The molecule has 1 amide bonds. The summed E-state index contributed by atoms with van der Waals surface area (Å²) in [6.45, 7) is 1.21. The number of carbonyl (C=O) groups excluding carboxylic acids is 2. The fraction of sp³-hybridized carbons (Fsp3) is 0.467. The molecule has 0 unspecified atom stereocenters. The smallest absolute Gasteiger partial charge is 0.344 e. The molecule has 0 spiro atoms. The third-order valence-electron chi connectivity index (χ3n) is 3.40. The number of esters is 1. The van der Waals surface area contributed by atoms with Crippen LogP contribution in [-0.2, 0) is 14.3 Å². The zero-order chi connectivity index (χ0) is 17.0. The second-order valence-corrected chi connectivity index (χ2v) is 6.56. The lowest BCUT2D eigenvalue weighted by Crippen LogP contribution is -2.37. The highest BCUT2D eigenvalue weighted by Gasteiger charge is 2.28. The molecule has 5 nitrogen and oxygen atoms in total. The van der Waals surface area contributed by atoms with Gasteiger partial charge in [-0.3, -0.25) is 4.79 Å². The number of carbonyl (C=O) groups is 2. The van der Waals surface area contributed by atoms with Crippen molar-refractivity contribution in [3.63, 3.8) is 0 Å². The van der Waals surface area contributed by atoms with E-state index in [1.165, 1.54) is 12.1 Å². The first-order chi connectivity index (χ1) is 10.9. The maximum absolute atomic E-state index is 11.6. The van der Waals surface area contributed by atoms with Crippen molar-refractivity contribution in [3.05, 3.63) is 27.2 Å². The lowest BCUT2D eigenvalue weighted by atomic mass is 10.2. The molecular formula is C15H16Cl3NO4. The minimum absolute atomic E-state index is 0.104. The van der Waals surface area contributed by atoms with Gasteiger partial charge in [-0.05, 0) is 31.7 Å². The second-order valence-electron chi connectivity index (χ2n) is 5.34. The van der Waals surface area contributed by atoms with Crippen LogP contribution in [0.1, 0.15) is 19.8 Å². The Morgan fingerprint density at radius 3 is 2.48 bits per heavy atom. The van der Waals surface area contributed by atoms with E-state index in [4.69, 9.17) is 44.3 Å². The van der Waals surface area contributed by atoms with Crippen molar-refractivity contribution in [2.75, 3.05) is 13.2 Å². The first-order valence-electron chi connectivity index (χ1n) is 7.09. The van der Waals surface area contributed by atoms with E-state index >= 15 is 0 Å². The molecule has 8 heteroatoms. The van der Waals surface area contributed by atoms with E-state index < -0.39 is 5.97 Å². The van der Waals surface area contributed by atoms with Gasteiger partial charge >= 0.3 is 5.97 Å². The van der Waals surface area contributed by atoms with E-state index in [2.05, 4.69) is 5.32 Å². The molecule has 2 rings (SSSR count). The van der Waals surface area contributed by atoms with Gasteiger partial charge in [-0.15, -0.1) is 0 Å². The van der Waals surface area contributed by atoms with Crippen LogP contribution < -0.4 is 10.1 Å². The van der Waals surface area contributed by atoms with Gasteiger partial charge in [0.25, 0.3) is 5.91 Å². The highest BCUT2D eigenvalue weighted by atomic mass is 35.5. The molecule has 0 aromatic heterocycles. The molecule has 0 heterocycles. The average Bonchev–Trinajstić information content (AvgIpc) is 3.32. The van der Waals surface area contributed by atoms with E-state index in [9.17, 15) is 9.59 Å². The van der Waals surface area contributed by atoms with Gasteiger partial charge in [0.15, 0.2) is 13.2 Å². The van der Waals surface area contributed by atoms with Crippen LogP contribution >= 0.6 is 34.8 Å². The number of nitrogens with one attached hydrogen (secondary N) is 1. The summed E-state index contributed by atoms with van der Waals surface area (Å²) in [6, 6.07) is 2.93. The van der Waals surface area contributed by atoms with Crippen LogP contribution in [0.25, 0.3) is 0 Å². The SMILES string of the molecule is C[C@@H](NC(=O)COC(=O)COc1cc(Cl)c(Cl)cc1Cl)C1CC1. The second kappa shape index (κ2) is 8.08. The molecule has 1 N–H and O–H groups in total. The molecule has 126 valence electrons. The Hall–Kier alpha value is -1.17. The van der Waals surface area contributed by atoms with Crippen LogP contribution in [0, 0.1) is 5.92 Å². The van der Waals surface area contributed by atoms with E-state index in [0.29, 0.717) is 5.92 Å². The Morgan fingerprint density at radius 1 is 1.17 bits per heavy atom. The van der Waals surface area contributed by atoms with Gasteiger partial charge < -0.3 is 14.8 Å². The fourth-order valence-electron chi connectivity index (χ4n) is 1.95. The van der Waals surface area contributed by atoms with Crippen LogP contribution in [0.5, 0.6) is 5.75 Å². The minimum Gasteiger partial charge on any atom is -0.480 e. The standard InChI is InChI=1S/C15H16Cl3NO4/c1-8(9-2-3-9)19-14(20)6-23-15(21)7-22-13-5-11(17)10(16)4-12(13)18/h4-5,8-9H,2-3,6-7H2,1H3,(H,19,20)/t8-/m1/s1. The molecule has 1 aromatic carbocycles. The molecule has 1 aromatic rings. The summed E-state index contributed by atoms with van der Waals surface area (Å²) in [4.78, 5) is 23.2. The van der Waals surface area contributed by atoms with Crippen molar-refractivity contribution in [3.8, 4) is 5.75 Å². The highest BCUT2D eigenvalue weighted by molar-refractivity contribution is 6.43. The summed E-state index contributed by atoms with van der Waals surface area (Å²) in [5.74, 6) is -0.258. The van der Waals surface area contributed by atoms with Gasteiger partial charge in [-0.25, -0.2) is 4.79 Å². The monoisotopic (exact) mass is 379 g/mol. The van der Waals surface area contributed by atoms with Crippen LogP contribution in [0.4, 0.5) is 0 Å². The van der Waals surface area contributed by atoms with Crippen molar-refractivity contribution in [2.24, 2.45) is 5.92 Å². The zero-order valence-electron chi connectivity index (χ0n) is 12.4. The van der Waals surface area contributed by atoms with Crippen molar-refractivity contribution in [2.45, 2.75) is 25.8 Å². The van der Waals surface area contributed by atoms with Gasteiger partial charge in [0.05, 0.1) is 15.1 Å². The van der Waals surface area contributed by atoms with Crippen LogP contribution in [-0.4, -0.2) is 31.1 Å². The normalized spacial score (nSPS) is 15.0. The maximum atomic E-state index is 11.6. The van der Waals surface area contributed by atoms with Crippen molar-refractivity contribution >= 4 is 46.7 Å². The van der Waals surface area contributed by atoms with Crippen LogP contribution in [0.15, 0.2) is 12.1 Å². The van der Waals surface area contributed by atoms with E-state index in [-0.39, 0.29) is 46.0 Å². The maximum Gasteiger partial charge on any atom is 0.344 e. The fourth-order valence-corrected chi connectivity index (χ4v) is 2.54. The Labute approximate surface area is 149 Å². The van der Waals surface area contributed by atoms with E-state index in [0.717, 1.165) is 12.8 Å². The molecule has 0 saturated heterocycles. The molecule has 1 saturated carbocycles. The van der Waals surface area contributed by atoms with E-state index in [1.807, 2.05) is 6.92 Å². The van der Waals surface area contributed by atoms with Gasteiger partial charge in [0.2, 0.25) is 0 Å². The Balaban J connectivity index is 1.72. The number of halogens is 3. The highest BCUT2D eigenvalue weighted by Crippen LogP contribution is 2.34. The third-order valence-corrected chi connectivity index (χ3v) is 4.42. The molecule has 1 atom stereocenters. The molecular weight excluding hydrogens is 365 g/mol. The number of ether oxygens (including phenoxy) is 2. The van der Waals surface area contributed by atoms with Gasteiger partial charge in [-0.2, -0.15) is 0 Å². The van der Waals surface area contributed by atoms with Crippen molar-refractivity contribution in [1.29, 1.82) is 0 Å². The number of benzene rings is 1. The summed E-state index contributed by atoms with van der Waals surface area (Å²) in [5.41, 5.74) is 0. The molecule has 23 heavy (non-hydrogen) atoms. The zero-order valence-corrected chi connectivity index (χ0v) is 14.7. The number of hydrogen-bond donors (Lipinski definition) is 1. The predicted molar refractivity (Wildman–Crippen MR) is 88.3 cm³/mol. The average molecular weight is 381 g/mol. The summed E-state index contributed by atoms with van der Waals surface area (Å²) >= 11 is 17.6. The van der Waals surface area contributed by atoms with Gasteiger partial charge in [0.1, 0.15) is 5.75 Å². The quantitative estimate of drug-likeness (QED) is 0.581. The van der Waals surface area contributed by atoms with E-state index in [1.54, 1.807) is 0 Å². The molecule has 0 bridgehead atoms. The van der Waals surface area contributed by atoms with Crippen molar-refractivity contribution < 1.29 is 19.1 Å². The Bertz CT molecular complexity index is 605. The largest absolute Gasteiger partial charge is 0.480 e. The Kier molecular flexibility index (Phi) is 6.39. The van der Waals surface area contributed by atoms with Crippen molar-refractivity contribution in [1.82, 2.24) is 5.32 Å². The first kappa shape index (κ1) is 18.2. The summed E-state index contributed by atoms with van der Waals surface area (Å²) < 4.78 is 10.1. The lowest BCUT2D eigenvalue weighted by molar-refractivity contribution is -0.150. The molecule has 0 radical (unpaired) electrons. The first-order valence-corrected chi connectivity index (χ1v) is 8.22. The predicted octanol–water partition coefficient (Wildman–Crippen LogP) is 3.48. The Morgan fingerprint density at radius 2 is 1.83 bits per heavy atom. The summed E-state index contributed by atoms with van der Waals surface area (Å²) in [7, 11) is 0.